The molecular weight excluding hydrogens is 220 g/mol. The fourth-order valence-corrected chi connectivity index (χ4v) is 2.72. The molecule has 0 heterocycles. The predicted molar refractivity (Wildman–Crippen MR) is 70.5 cm³/mol. The topological polar surface area (TPSA) is 55.1 Å². The van der Waals surface area contributed by atoms with E-state index in [1.165, 1.54) is 19.3 Å². The van der Waals surface area contributed by atoms with Gasteiger partial charge in [0.05, 0.1) is 0 Å². The first-order valence-electron chi connectivity index (χ1n) is 6.06. The summed E-state index contributed by atoms with van der Waals surface area (Å²) in [7, 11) is 0. The summed E-state index contributed by atoms with van der Waals surface area (Å²) in [4.78, 5) is 11.7. The van der Waals surface area contributed by atoms with E-state index in [1.54, 1.807) is 0 Å². The number of carbonyl (C=O) groups excluding carboxylic acids is 1. The Labute approximate surface area is 103 Å². The van der Waals surface area contributed by atoms with Gasteiger partial charge in [0.1, 0.15) is 0 Å². The van der Waals surface area contributed by atoms with E-state index in [1.807, 2.05) is 25.6 Å². The van der Waals surface area contributed by atoms with E-state index >= 15 is 0 Å². The average Bonchev–Trinajstić information content (AvgIpc) is 2.16. The van der Waals surface area contributed by atoms with Crippen molar-refractivity contribution in [2.24, 2.45) is 11.7 Å². The molecule has 0 aromatic carbocycles. The predicted octanol–water partition coefficient (Wildman–Crippen LogP) is 1.76. The Hall–Kier alpha value is -0.220. The van der Waals surface area contributed by atoms with Crippen molar-refractivity contribution in [1.29, 1.82) is 0 Å². The Kier molecular flexibility index (Phi) is 5.12. The summed E-state index contributed by atoms with van der Waals surface area (Å²) in [5.74, 6) is 0.463. The van der Waals surface area contributed by atoms with Crippen LogP contribution in [0.4, 0.5) is 0 Å². The van der Waals surface area contributed by atoms with Crippen LogP contribution < -0.4 is 11.1 Å². The summed E-state index contributed by atoms with van der Waals surface area (Å²) in [6, 6.07) is -0.0216. The zero-order valence-corrected chi connectivity index (χ0v) is 11.4. The van der Waals surface area contributed by atoms with Gasteiger partial charge in [0, 0.05) is 23.8 Å². The molecule has 0 bridgehead atoms. The van der Waals surface area contributed by atoms with Crippen LogP contribution in [0.15, 0.2) is 0 Å². The first kappa shape index (κ1) is 13.8. The Morgan fingerprint density at radius 1 is 1.50 bits per heavy atom. The molecule has 1 saturated carbocycles. The highest BCUT2D eigenvalue weighted by atomic mass is 32.2. The molecule has 1 aliphatic carbocycles. The summed E-state index contributed by atoms with van der Waals surface area (Å²) >= 11 is 1.88. The van der Waals surface area contributed by atoms with Crippen molar-refractivity contribution in [3.63, 3.8) is 0 Å². The molecule has 1 aliphatic rings. The number of carbonyl (C=O) groups is 1. The second kappa shape index (κ2) is 5.92. The lowest BCUT2D eigenvalue weighted by molar-refractivity contribution is -0.121. The maximum Gasteiger partial charge on any atom is 0.221 e. The minimum Gasteiger partial charge on any atom is -0.355 e. The van der Waals surface area contributed by atoms with Crippen LogP contribution in [-0.4, -0.2) is 29.5 Å². The van der Waals surface area contributed by atoms with Gasteiger partial charge < -0.3 is 11.1 Å². The SMILES string of the molecule is CSC1(CNC(=O)CC(N)C(C)C)CCC1. The van der Waals surface area contributed by atoms with Crippen LogP contribution in [0.1, 0.15) is 39.5 Å². The molecule has 1 unspecified atom stereocenters. The first-order chi connectivity index (χ1) is 7.49. The zero-order chi connectivity index (χ0) is 12.2. The summed E-state index contributed by atoms with van der Waals surface area (Å²) in [6.07, 6.45) is 6.32. The molecule has 0 saturated heterocycles. The molecule has 0 aliphatic heterocycles. The van der Waals surface area contributed by atoms with E-state index in [0.29, 0.717) is 17.1 Å². The van der Waals surface area contributed by atoms with Gasteiger partial charge in [0.15, 0.2) is 0 Å². The molecule has 1 fully saturated rings. The first-order valence-corrected chi connectivity index (χ1v) is 7.29. The molecule has 1 rings (SSSR count). The highest BCUT2D eigenvalue weighted by molar-refractivity contribution is 8.00. The quantitative estimate of drug-likeness (QED) is 0.748. The van der Waals surface area contributed by atoms with Gasteiger partial charge >= 0.3 is 0 Å². The largest absolute Gasteiger partial charge is 0.355 e. The zero-order valence-electron chi connectivity index (χ0n) is 10.6. The maximum absolute atomic E-state index is 11.7. The molecule has 0 aromatic heterocycles. The summed E-state index contributed by atoms with van der Waals surface area (Å²) < 4.78 is 0.317. The molecule has 3 N–H and O–H groups in total. The van der Waals surface area contributed by atoms with Crippen LogP contribution in [0.3, 0.4) is 0 Å². The van der Waals surface area contributed by atoms with E-state index in [9.17, 15) is 4.79 Å². The van der Waals surface area contributed by atoms with Crippen molar-refractivity contribution in [3.8, 4) is 0 Å². The normalized spacial score (nSPS) is 20.3. The number of nitrogens with one attached hydrogen (secondary N) is 1. The van der Waals surface area contributed by atoms with Crippen molar-refractivity contribution in [3.05, 3.63) is 0 Å². The van der Waals surface area contributed by atoms with Gasteiger partial charge in [-0.15, -0.1) is 0 Å². The highest BCUT2D eigenvalue weighted by Gasteiger charge is 2.36. The van der Waals surface area contributed by atoms with E-state index in [0.717, 1.165) is 6.54 Å². The number of rotatable bonds is 6. The number of nitrogens with two attached hydrogens (primary N) is 1. The third-order valence-electron chi connectivity index (χ3n) is 3.58. The van der Waals surface area contributed by atoms with Gasteiger partial charge in [0.25, 0.3) is 0 Å². The van der Waals surface area contributed by atoms with Gasteiger partial charge in [-0.3, -0.25) is 4.79 Å². The second-order valence-corrected chi connectivity index (χ2v) is 6.40. The highest BCUT2D eigenvalue weighted by Crippen LogP contribution is 2.42. The van der Waals surface area contributed by atoms with Gasteiger partial charge in [0.2, 0.25) is 5.91 Å². The van der Waals surface area contributed by atoms with Crippen LogP contribution in [0.2, 0.25) is 0 Å². The Morgan fingerprint density at radius 3 is 2.50 bits per heavy atom. The Balaban J connectivity index is 2.24. The van der Waals surface area contributed by atoms with Gasteiger partial charge in [-0.05, 0) is 25.0 Å². The Bertz CT molecular complexity index is 234. The van der Waals surface area contributed by atoms with E-state index in [-0.39, 0.29) is 11.9 Å². The minimum atomic E-state index is -0.0216. The third-order valence-corrected chi connectivity index (χ3v) is 5.00. The van der Waals surface area contributed by atoms with Gasteiger partial charge in [-0.25, -0.2) is 0 Å². The summed E-state index contributed by atoms with van der Waals surface area (Å²) in [6.45, 7) is 4.90. The van der Waals surface area contributed by atoms with Gasteiger partial charge in [-0.2, -0.15) is 11.8 Å². The van der Waals surface area contributed by atoms with E-state index in [2.05, 4.69) is 11.6 Å². The van der Waals surface area contributed by atoms with Gasteiger partial charge in [-0.1, -0.05) is 20.3 Å². The fourth-order valence-electron chi connectivity index (χ4n) is 1.81. The molecule has 1 atom stereocenters. The molecule has 3 nitrogen and oxygen atoms in total. The van der Waals surface area contributed by atoms with Crippen molar-refractivity contribution in [1.82, 2.24) is 5.32 Å². The molecule has 94 valence electrons. The van der Waals surface area contributed by atoms with Crippen molar-refractivity contribution in [2.75, 3.05) is 12.8 Å². The molecule has 0 radical (unpaired) electrons. The third kappa shape index (κ3) is 3.67. The monoisotopic (exact) mass is 244 g/mol. The number of amides is 1. The minimum absolute atomic E-state index is 0.0216. The van der Waals surface area contributed by atoms with Crippen LogP contribution in [0.5, 0.6) is 0 Å². The molecule has 4 heteroatoms. The standard InChI is InChI=1S/C12H24N2OS/c1-9(2)10(13)7-11(15)14-8-12(16-3)5-4-6-12/h9-10H,4-8,13H2,1-3H3,(H,14,15). The second-order valence-electron chi connectivity index (χ2n) is 5.13. The lowest BCUT2D eigenvalue weighted by atomic mass is 9.84. The maximum atomic E-state index is 11.7. The van der Waals surface area contributed by atoms with Crippen LogP contribution in [-0.2, 0) is 4.79 Å². The summed E-state index contributed by atoms with van der Waals surface area (Å²) in [5, 5.41) is 3.02. The molecule has 0 spiro atoms. The number of hydrogen-bond acceptors (Lipinski definition) is 3. The molecular formula is C12H24N2OS. The lowest BCUT2D eigenvalue weighted by Gasteiger charge is -2.40. The van der Waals surface area contributed by atoms with Crippen LogP contribution >= 0.6 is 11.8 Å². The van der Waals surface area contributed by atoms with Crippen molar-refractivity contribution in [2.45, 2.75) is 50.3 Å². The summed E-state index contributed by atoms with van der Waals surface area (Å²) in [5.41, 5.74) is 5.87. The Morgan fingerprint density at radius 2 is 2.12 bits per heavy atom. The van der Waals surface area contributed by atoms with E-state index in [4.69, 9.17) is 5.73 Å². The smallest absolute Gasteiger partial charge is 0.221 e. The molecule has 16 heavy (non-hydrogen) atoms. The van der Waals surface area contributed by atoms with Crippen molar-refractivity contribution >= 4 is 17.7 Å². The molecule has 0 aromatic rings. The van der Waals surface area contributed by atoms with Crippen molar-refractivity contribution < 1.29 is 4.79 Å². The van der Waals surface area contributed by atoms with E-state index < -0.39 is 0 Å². The fraction of sp³-hybridized carbons (Fsp3) is 0.917. The number of thioether (sulfide) groups is 1. The molecule has 1 amide bonds. The lowest BCUT2D eigenvalue weighted by Crippen LogP contribution is -2.46. The van der Waals surface area contributed by atoms with Crippen LogP contribution in [0, 0.1) is 5.92 Å². The van der Waals surface area contributed by atoms with Crippen LogP contribution in [0.25, 0.3) is 0 Å². The average molecular weight is 244 g/mol. The number of hydrogen-bond donors (Lipinski definition) is 2.